The summed E-state index contributed by atoms with van der Waals surface area (Å²) in [5, 5.41) is 10.6. The highest BCUT2D eigenvalue weighted by molar-refractivity contribution is 7.47. The number of unbranched alkanes of at least 4 members (excludes halogenated alkanes) is 47. The first-order chi connectivity index (χ1) is 48.7. The summed E-state index contributed by atoms with van der Waals surface area (Å²) >= 11 is 0. The average molecular weight is 1460 g/mol. The van der Waals surface area contributed by atoms with Crippen LogP contribution in [-0.4, -0.2) is 96.7 Å². The molecule has 0 aromatic rings. The molecular weight excluding hydrogens is 1310 g/mol. The van der Waals surface area contributed by atoms with E-state index >= 15 is 0 Å². The van der Waals surface area contributed by atoms with Crippen molar-refractivity contribution >= 4 is 39.5 Å². The third kappa shape index (κ3) is 73.6. The Hall–Kier alpha value is -2.72. The number of ether oxygens (including phenoxy) is 4. The van der Waals surface area contributed by atoms with Gasteiger partial charge in [-0.1, -0.05) is 327 Å². The number of esters is 4. The Bertz CT molecular complexity index is 2040. The van der Waals surface area contributed by atoms with Crippen molar-refractivity contribution in [3.05, 3.63) is 36.5 Å². The summed E-state index contributed by atoms with van der Waals surface area (Å²) in [6.45, 7) is 4.93. The van der Waals surface area contributed by atoms with Crippen molar-refractivity contribution in [3.8, 4) is 0 Å². The zero-order valence-corrected chi connectivity index (χ0v) is 66.2. The van der Waals surface area contributed by atoms with E-state index < -0.39 is 97.5 Å². The second-order valence-corrected chi connectivity index (χ2v) is 31.0. The number of hydrogen-bond donors (Lipinski definition) is 3. The van der Waals surface area contributed by atoms with Crippen molar-refractivity contribution in [2.45, 2.75) is 418 Å². The van der Waals surface area contributed by atoms with Crippen LogP contribution in [0.25, 0.3) is 0 Å². The lowest BCUT2D eigenvalue weighted by Crippen LogP contribution is -2.30. The lowest BCUT2D eigenvalue weighted by Gasteiger charge is -2.21. The van der Waals surface area contributed by atoms with Gasteiger partial charge in [-0.15, -0.1) is 0 Å². The van der Waals surface area contributed by atoms with Gasteiger partial charge in [0.1, 0.15) is 19.3 Å². The Morgan fingerprint density at radius 2 is 0.490 bits per heavy atom. The van der Waals surface area contributed by atoms with Gasteiger partial charge in [0.2, 0.25) is 0 Å². The molecule has 0 saturated heterocycles. The van der Waals surface area contributed by atoms with E-state index in [1.54, 1.807) is 0 Å². The Labute approximate surface area is 611 Å². The van der Waals surface area contributed by atoms with Crippen LogP contribution in [0, 0.1) is 0 Å². The van der Waals surface area contributed by atoms with E-state index in [4.69, 9.17) is 37.0 Å². The Morgan fingerprint density at radius 3 is 0.770 bits per heavy atom. The van der Waals surface area contributed by atoms with Crippen LogP contribution in [0.1, 0.15) is 400 Å². The topological polar surface area (TPSA) is 237 Å². The molecule has 0 amide bonds. The minimum absolute atomic E-state index is 0.0835. The summed E-state index contributed by atoms with van der Waals surface area (Å²) < 4.78 is 68.7. The fourth-order valence-electron chi connectivity index (χ4n) is 11.8. The molecular formula is C81H152O17P2. The predicted molar refractivity (Wildman–Crippen MR) is 409 cm³/mol. The van der Waals surface area contributed by atoms with Crippen LogP contribution < -0.4 is 0 Å². The number of hydrogen-bond acceptors (Lipinski definition) is 15. The number of phosphoric ester groups is 2. The van der Waals surface area contributed by atoms with E-state index in [0.717, 1.165) is 128 Å². The fraction of sp³-hybridized carbons (Fsp3) is 0.877. The van der Waals surface area contributed by atoms with E-state index in [2.05, 4.69) is 64.2 Å². The Morgan fingerprint density at radius 1 is 0.280 bits per heavy atom. The van der Waals surface area contributed by atoms with Gasteiger partial charge in [-0.3, -0.25) is 37.3 Å². The molecule has 0 aromatic heterocycles. The lowest BCUT2D eigenvalue weighted by molar-refractivity contribution is -0.161. The number of carbonyl (C=O) groups is 4. The second kappa shape index (κ2) is 74.5. The summed E-state index contributed by atoms with van der Waals surface area (Å²) in [6, 6.07) is 0. The van der Waals surface area contributed by atoms with Crippen LogP contribution in [0.15, 0.2) is 36.5 Å². The fourth-order valence-corrected chi connectivity index (χ4v) is 13.4. The van der Waals surface area contributed by atoms with Crippen molar-refractivity contribution in [2.24, 2.45) is 0 Å². The van der Waals surface area contributed by atoms with Crippen molar-refractivity contribution in [1.82, 2.24) is 0 Å². The van der Waals surface area contributed by atoms with E-state index in [1.165, 1.54) is 193 Å². The molecule has 0 fully saturated rings. The van der Waals surface area contributed by atoms with E-state index in [0.29, 0.717) is 25.7 Å². The first-order valence-electron chi connectivity index (χ1n) is 41.2. The van der Waals surface area contributed by atoms with Crippen molar-refractivity contribution < 1.29 is 80.2 Å². The first kappa shape index (κ1) is 97.3. The summed E-state index contributed by atoms with van der Waals surface area (Å²) in [4.78, 5) is 73.0. The predicted octanol–water partition coefficient (Wildman–Crippen LogP) is 23.9. The van der Waals surface area contributed by atoms with Gasteiger partial charge in [0, 0.05) is 25.7 Å². The quantitative estimate of drug-likeness (QED) is 0.0169. The number of allylic oxidation sites excluding steroid dienone is 6. The summed E-state index contributed by atoms with van der Waals surface area (Å²) in [5.41, 5.74) is 0. The normalized spacial score (nSPS) is 14.0. The smallest absolute Gasteiger partial charge is 0.462 e. The molecule has 588 valence electrons. The van der Waals surface area contributed by atoms with Crippen molar-refractivity contribution in [3.63, 3.8) is 0 Å². The number of aliphatic hydroxyl groups excluding tert-OH is 1. The third-order valence-corrected chi connectivity index (χ3v) is 20.0. The molecule has 3 N–H and O–H groups in total. The molecule has 0 spiro atoms. The van der Waals surface area contributed by atoms with Crippen LogP contribution in [0.4, 0.5) is 0 Å². The van der Waals surface area contributed by atoms with Gasteiger partial charge in [-0.25, -0.2) is 9.13 Å². The maximum Gasteiger partial charge on any atom is 0.472 e. The first-order valence-corrected chi connectivity index (χ1v) is 44.2. The van der Waals surface area contributed by atoms with E-state index in [1.807, 2.05) is 0 Å². The van der Waals surface area contributed by atoms with Crippen LogP contribution in [0.3, 0.4) is 0 Å². The highest BCUT2D eigenvalue weighted by Gasteiger charge is 2.30. The van der Waals surface area contributed by atoms with E-state index in [9.17, 15) is 43.2 Å². The molecule has 0 aromatic carbocycles. The molecule has 19 heteroatoms. The Balaban J connectivity index is 5.31. The van der Waals surface area contributed by atoms with Gasteiger partial charge in [0.25, 0.3) is 0 Å². The average Bonchev–Trinajstić information content (AvgIpc) is 0.947. The largest absolute Gasteiger partial charge is 0.472 e. The monoisotopic (exact) mass is 1460 g/mol. The standard InChI is InChI=1S/C81H152O17P2/c1-5-9-13-17-21-25-29-33-36-37-40-44-48-52-56-60-64-68-81(86)98-76(71-91-78(83)65-61-57-53-49-45-41-32-28-24-20-16-12-8-4)73-95-99(87,88)93-69-75(82)70-94-100(89,90)96-74-77(97-80(85)67-63-59-55-51-47-43-39-35-31-27-23-19-15-11-7-3)72-92-79(84)66-62-58-54-50-46-42-38-34-30-26-22-18-14-10-6-2/h23,27,34-35,38-39,75-77,82H,5-22,24-26,28-33,36-37,40-74H2,1-4H3,(H,87,88)(H,89,90)/b27-23-,38-34-,39-35-/t75-,76-,77-/m1/s1. The minimum atomic E-state index is -4.97. The summed E-state index contributed by atoms with van der Waals surface area (Å²) in [5.74, 6) is -2.15. The molecule has 5 atom stereocenters. The third-order valence-electron chi connectivity index (χ3n) is 18.1. The highest BCUT2D eigenvalue weighted by Crippen LogP contribution is 2.45. The molecule has 100 heavy (non-hydrogen) atoms. The van der Waals surface area contributed by atoms with Gasteiger partial charge in [0.15, 0.2) is 12.2 Å². The second-order valence-electron chi connectivity index (χ2n) is 28.1. The zero-order chi connectivity index (χ0) is 73.2. The van der Waals surface area contributed by atoms with Gasteiger partial charge >= 0.3 is 39.5 Å². The molecule has 17 nitrogen and oxygen atoms in total. The lowest BCUT2D eigenvalue weighted by atomic mass is 10.0. The summed E-state index contributed by atoms with van der Waals surface area (Å²) in [7, 11) is -9.94. The maximum atomic E-state index is 13.1. The molecule has 2 unspecified atom stereocenters. The maximum absolute atomic E-state index is 13.1. The molecule has 0 rings (SSSR count). The van der Waals surface area contributed by atoms with Crippen LogP contribution in [0.5, 0.6) is 0 Å². The Kier molecular flexibility index (Phi) is 72.5. The van der Waals surface area contributed by atoms with Crippen LogP contribution in [-0.2, 0) is 65.4 Å². The summed E-state index contributed by atoms with van der Waals surface area (Å²) in [6.07, 6.45) is 71.1. The van der Waals surface area contributed by atoms with Gasteiger partial charge in [-0.05, 0) is 83.5 Å². The van der Waals surface area contributed by atoms with Crippen molar-refractivity contribution in [1.29, 1.82) is 0 Å². The molecule has 0 radical (unpaired) electrons. The molecule has 0 heterocycles. The SMILES string of the molecule is CCCCC/C=C\C/C=C\CCCCCCCC(=O)O[C@H](COC(=O)CCCCCCC/C=C\CCCCCCCC)COP(=O)(O)OC[C@H](O)COP(=O)(O)OC[C@@H](COC(=O)CCCCCCCCCCCCCCC)OC(=O)CCCCCCCCCCCCCCCCCCC. The number of carbonyl (C=O) groups excluding carboxylic acids is 4. The highest BCUT2D eigenvalue weighted by atomic mass is 31.2. The van der Waals surface area contributed by atoms with Gasteiger partial charge in [-0.2, -0.15) is 0 Å². The number of phosphoric acid groups is 2. The molecule has 0 aliphatic rings. The molecule has 0 aliphatic carbocycles. The van der Waals surface area contributed by atoms with Gasteiger partial charge < -0.3 is 33.8 Å². The zero-order valence-electron chi connectivity index (χ0n) is 64.4. The molecule has 0 saturated carbocycles. The number of rotatable bonds is 79. The van der Waals surface area contributed by atoms with Gasteiger partial charge in [0.05, 0.1) is 26.4 Å². The minimum Gasteiger partial charge on any atom is -0.462 e. The van der Waals surface area contributed by atoms with E-state index in [-0.39, 0.29) is 25.7 Å². The molecule has 0 bridgehead atoms. The van der Waals surface area contributed by atoms with Crippen LogP contribution in [0.2, 0.25) is 0 Å². The molecule has 0 aliphatic heterocycles. The van der Waals surface area contributed by atoms with Crippen molar-refractivity contribution in [2.75, 3.05) is 39.6 Å². The number of aliphatic hydroxyl groups is 1. The van der Waals surface area contributed by atoms with Crippen LogP contribution >= 0.6 is 15.6 Å².